The molecule has 0 bridgehead atoms. The lowest BCUT2D eigenvalue weighted by Gasteiger charge is -2.12. The summed E-state index contributed by atoms with van der Waals surface area (Å²) in [5.74, 6) is -0.590. The van der Waals surface area contributed by atoms with E-state index in [0.717, 1.165) is 25.7 Å². The first-order chi connectivity index (χ1) is 22.9. The summed E-state index contributed by atoms with van der Waals surface area (Å²) < 4.78 is 0. The first-order valence-corrected chi connectivity index (χ1v) is 19.4. The highest BCUT2D eigenvalue weighted by Gasteiger charge is 2.06. The van der Waals surface area contributed by atoms with Crippen LogP contribution in [-0.4, -0.2) is 50.4 Å². The van der Waals surface area contributed by atoms with Gasteiger partial charge in [0, 0.05) is 26.9 Å². The third kappa shape index (κ3) is 53.8. The Hall–Kier alpha value is -1.70. The number of hydrogen-bond donors (Lipinski definition) is 2. The van der Waals surface area contributed by atoms with Gasteiger partial charge in [0.1, 0.15) is 0 Å². The van der Waals surface area contributed by atoms with E-state index in [4.69, 9.17) is 9.94 Å². The van der Waals surface area contributed by atoms with Crippen molar-refractivity contribution in [2.45, 2.75) is 201 Å². The van der Waals surface area contributed by atoms with Crippen molar-refractivity contribution in [3.05, 3.63) is 24.3 Å². The van der Waals surface area contributed by atoms with Gasteiger partial charge in [0.05, 0.1) is 14.2 Å². The minimum atomic E-state index is -0.664. The maximum Gasteiger partial charge on any atom is 0.303 e. The smallest absolute Gasteiger partial charge is 0.303 e. The summed E-state index contributed by atoms with van der Waals surface area (Å²) >= 11 is 0. The molecule has 0 aromatic heterocycles. The normalized spacial score (nSPS) is 10.7. The van der Waals surface area contributed by atoms with Crippen LogP contribution in [0.5, 0.6) is 0 Å². The molecule has 7 nitrogen and oxygen atoms in total. The number of allylic oxidation sites excluding steroid dienone is 4. The zero-order valence-electron chi connectivity index (χ0n) is 32.1. The lowest BCUT2D eigenvalue weighted by Crippen LogP contribution is -2.24. The fraction of sp³-hybridized carbons (Fsp3) is 0.854. The number of hydroxylamine groups is 3. The van der Waals surface area contributed by atoms with Crippen LogP contribution in [-0.2, 0) is 19.3 Å². The Kier molecular flexibility index (Phi) is 55.0. The van der Waals surface area contributed by atoms with Gasteiger partial charge in [0.25, 0.3) is 0 Å². The summed E-state index contributed by atoms with van der Waals surface area (Å²) in [6, 6.07) is 0. The van der Waals surface area contributed by atoms with Crippen molar-refractivity contribution in [3.8, 4) is 0 Å². The van der Waals surface area contributed by atoms with Gasteiger partial charge in [-0.15, -0.1) is 0 Å². The molecule has 0 aromatic rings. The van der Waals surface area contributed by atoms with Gasteiger partial charge < -0.3 is 9.94 Å². The molecule has 0 rings (SSSR count). The number of carbonyl (C=O) groups excluding carboxylic acids is 1. The number of carboxylic acids is 1. The van der Waals surface area contributed by atoms with E-state index in [-0.39, 0.29) is 13.3 Å². The molecule has 0 unspecified atom stereocenters. The molecular formula is C41H84N2O5. The molecule has 0 spiro atoms. The average molecular weight is 685 g/mol. The average Bonchev–Trinajstić information content (AvgIpc) is 3.08. The number of nitrogens with one attached hydrogen (secondary N) is 1. The molecule has 1 amide bonds. The minimum Gasteiger partial charge on any atom is -0.481 e. The van der Waals surface area contributed by atoms with E-state index in [2.05, 4.69) is 48.5 Å². The number of rotatable bonds is 32. The van der Waals surface area contributed by atoms with Crippen molar-refractivity contribution < 1.29 is 24.4 Å². The van der Waals surface area contributed by atoms with Crippen LogP contribution in [0.15, 0.2) is 24.3 Å². The quantitative estimate of drug-likeness (QED) is 0.0416. The number of aliphatic carboxylic acids is 1. The van der Waals surface area contributed by atoms with E-state index < -0.39 is 5.97 Å². The van der Waals surface area contributed by atoms with Crippen LogP contribution in [0.2, 0.25) is 0 Å². The van der Waals surface area contributed by atoms with Crippen molar-refractivity contribution >= 4 is 11.9 Å². The molecule has 288 valence electrons. The highest BCUT2D eigenvalue weighted by molar-refractivity contribution is 5.74. The van der Waals surface area contributed by atoms with Gasteiger partial charge >= 0.3 is 5.97 Å². The summed E-state index contributed by atoms with van der Waals surface area (Å²) in [4.78, 5) is 31.0. The number of nitrogens with zero attached hydrogens (tertiary/aromatic N) is 1. The Morgan fingerprint density at radius 2 is 0.854 bits per heavy atom. The monoisotopic (exact) mass is 685 g/mol. The third-order valence-corrected chi connectivity index (χ3v) is 8.13. The predicted octanol–water partition coefficient (Wildman–Crippen LogP) is 12.6. The lowest BCUT2D eigenvalue weighted by molar-refractivity contribution is -0.168. The van der Waals surface area contributed by atoms with E-state index >= 15 is 0 Å². The molecule has 0 aliphatic rings. The van der Waals surface area contributed by atoms with Crippen LogP contribution in [0.3, 0.4) is 0 Å². The molecule has 0 saturated carbocycles. The Bertz CT molecular complexity index is 667. The molecule has 0 atom stereocenters. The predicted molar refractivity (Wildman–Crippen MR) is 209 cm³/mol. The second-order valence-electron chi connectivity index (χ2n) is 12.5. The summed E-state index contributed by atoms with van der Waals surface area (Å²) in [7, 11) is 6.47. The van der Waals surface area contributed by atoms with Gasteiger partial charge in [0.15, 0.2) is 0 Å². The number of unbranched alkanes of at least 4 members (excludes halogenated alkanes) is 22. The molecule has 0 saturated heterocycles. The van der Waals surface area contributed by atoms with Gasteiger partial charge in [-0.2, -0.15) is 0 Å². The van der Waals surface area contributed by atoms with Crippen LogP contribution < -0.4 is 5.48 Å². The summed E-state index contributed by atoms with van der Waals surface area (Å²) in [6.45, 7) is 4.52. The SMILES string of the molecule is C.CCCCCCCC/C=C\CCCCCCCC(=O)N(C)OC.CCCCCCCC/C=C\CCCCCCCC(=O)O.CNOC. The van der Waals surface area contributed by atoms with Crippen LogP contribution in [0.25, 0.3) is 0 Å². The first kappa shape index (κ1) is 53.1. The van der Waals surface area contributed by atoms with E-state index in [1.807, 2.05) is 0 Å². The van der Waals surface area contributed by atoms with Gasteiger partial charge in [-0.3, -0.25) is 14.4 Å². The second-order valence-corrected chi connectivity index (χ2v) is 12.5. The van der Waals surface area contributed by atoms with Crippen molar-refractivity contribution in [1.29, 1.82) is 0 Å². The number of carbonyl (C=O) groups is 2. The van der Waals surface area contributed by atoms with Gasteiger partial charge in [-0.25, -0.2) is 10.5 Å². The molecule has 7 heteroatoms. The van der Waals surface area contributed by atoms with Crippen molar-refractivity contribution in [1.82, 2.24) is 10.5 Å². The van der Waals surface area contributed by atoms with E-state index in [9.17, 15) is 9.59 Å². The highest BCUT2D eigenvalue weighted by Crippen LogP contribution is 2.11. The molecule has 0 heterocycles. The molecule has 0 radical (unpaired) electrons. The largest absolute Gasteiger partial charge is 0.481 e. The summed E-state index contributed by atoms with van der Waals surface area (Å²) in [5, 5.41) is 9.82. The standard InChI is InChI=1S/C20H39NO2.C18H34O2.C2H7NO.CH4/c1-4-5-6-7-8-9-10-11-12-13-14-15-16-17-18-19-20(22)21(2)23-3;1-2-3-4-5-6-7-8-9-10-11-12-13-14-15-16-17-18(19)20;1-3-4-2;/h11-12H,4-10,13-19H2,1-3H3;9-10H,2-8,11-17H2,1H3,(H,19,20);3H,1-2H3;1H4/b12-11-;10-9-;;. The van der Waals surface area contributed by atoms with Crippen LogP contribution in [0.1, 0.15) is 201 Å². The summed E-state index contributed by atoms with van der Waals surface area (Å²) in [6.07, 6.45) is 43.2. The topological polar surface area (TPSA) is 88.1 Å². The van der Waals surface area contributed by atoms with Crippen molar-refractivity contribution in [2.75, 3.05) is 28.3 Å². The molecule has 2 N–H and O–H groups in total. The number of hydrogen-bond acceptors (Lipinski definition) is 5. The number of carboxylic acid groups (broad SMARTS) is 1. The fourth-order valence-corrected chi connectivity index (χ4v) is 4.95. The first-order valence-electron chi connectivity index (χ1n) is 19.4. The van der Waals surface area contributed by atoms with Gasteiger partial charge in [-0.05, 0) is 64.2 Å². The molecule has 0 aromatic carbocycles. The Morgan fingerprint density at radius 1 is 0.562 bits per heavy atom. The fourth-order valence-electron chi connectivity index (χ4n) is 4.95. The van der Waals surface area contributed by atoms with Crippen LogP contribution in [0, 0.1) is 0 Å². The molecular weight excluding hydrogens is 600 g/mol. The summed E-state index contributed by atoms with van der Waals surface area (Å²) in [5.41, 5.74) is 2.43. The Morgan fingerprint density at radius 3 is 1.15 bits per heavy atom. The molecule has 0 aliphatic heterocycles. The Balaban J connectivity index is -0.000000358. The van der Waals surface area contributed by atoms with Gasteiger partial charge in [0.2, 0.25) is 5.91 Å². The minimum absolute atomic E-state index is 0. The maximum absolute atomic E-state index is 11.5. The van der Waals surface area contributed by atoms with Crippen LogP contribution >= 0.6 is 0 Å². The molecule has 48 heavy (non-hydrogen) atoms. The van der Waals surface area contributed by atoms with Gasteiger partial charge in [-0.1, -0.05) is 148 Å². The maximum atomic E-state index is 11.5. The van der Waals surface area contributed by atoms with Crippen molar-refractivity contribution in [2.24, 2.45) is 0 Å². The van der Waals surface area contributed by atoms with Crippen molar-refractivity contribution in [3.63, 3.8) is 0 Å². The third-order valence-electron chi connectivity index (χ3n) is 8.13. The zero-order chi connectivity index (χ0) is 35.5. The Labute approximate surface area is 300 Å². The van der Waals surface area contributed by atoms with E-state index in [1.54, 1.807) is 21.2 Å². The molecule has 0 fully saturated rings. The number of amides is 1. The van der Waals surface area contributed by atoms with Crippen LogP contribution in [0.4, 0.5) is 0 Å². The van der Waals surface area contributed by atoms with E-state index in [0.29, 0.717) is 12.8 Å². The lowest BCUT2D eigenvalue weighted by atomic mass is 10.1. The molecule has 0 aliphatic carbocycles. The zero-order valence-corrected chi connectivity index (χ0v) is 32.1. The second kappa shape index (κ2) is 49.7. The highest BCUT2D eigenvalue weighted by atomic mass is 16.7. The van der Waals surface area contributed by atoms with E-state index in [1.165, 1.54) is 153 Å².